The summed E-state index contributed by atoms with van der Waals surface area (Å²) in [6.07, 6.45) is 3.09. The van der Waals surface area contributed by atoms with Gasteiger partial charge in [-0.05, 0) is 27.0 Å². The Balaban J connectivity index is 2.33. The van der Waals surface area contributed by atoms with Crippen molar-refractivity contribution in [3.05, 3.63) is 0 Å². The summed E-state index contributed by atoms with van der Waals surface area (Å²) < 4.78 is 10.9. The lowest BCUT2D eigenvalue weighted by atomic mass is 9.97. The van der Waals surface area contributed by atoms with E-state index in [-0.39, 0.29) is 18.2 Å². The highest BCUT2D eigenvalue weighted by atomic mass is 32.2. The van der Waals surface area contributed by atoms with E-state index in [1.807, 2.05) is 20.8 Å². The van der Waals surface area contributed by atoms with Crippen LogP contribution in [0.5, 0.6) is 0 Å². The van der Waals surface area contributed by atoms with Crippen molar-refractivity contribution in [2.24, 2.45) is 5.41 Å². The summed E-state index contributed by atoms with van der Waals surface area (Å²) in [5.41, 5.74) is -0.419. The third-order valence-corrected chi connectivity index (χ3v) is 2.99. The van der Waals surface area contributed by atoms with Crippen molar-refractivity contribution in [3.8, 4) is 0 Å². The molecule has 1 rings (SSSR count). The largest absolute Gasteiger partial charge is 0.459 e. The first-order valence-electron chi connectivity index (χ1n) is 5.25. The second-order valence-electron chi connectivity index (χ2n) is 4.92. The molecule has 0 radical (unpaired) electrons. The van der Waals surface area contributed by atoms with E-state index in [1.54, 1.807) is 11.8 Å². The molecule has 1 fully saturated rings. The Morgan fingerprint density at radius 3 is 2.73 bits per heavy atom. The van der Waals surface area contributed by atoms with Crippen LogP contribution in [0, 0.1) is 5.41 Å². The molecule has 3 nitrogen and oxygen atoms in total. The second kappa shape index (κ2) is 5.21. The van der Waals surface area contributed by atoms with Gasteiger partial charge in [0.1, 0.15) is 6.10 Å². The van der Waals surface area contributed by atoms with E-state index < -0.39 is 5.41 Å². The summed E-state index contributed by atoms with van der Waals surface area (Å²) in [4.78, 5) is 11.6. The molecule has 0 aromatic heterocycles. The highest BCUT2D eigenvalue weighted by molar-refractivity contribution is 7.98. The number of carbonyl (C=O) groups excluding carboxylic acids is 1. The first kappa shape index (κ1) is 12.8. The van der Waals surface area contributed by atoms with Crippen molar-refractivity contribution in [2.45, 2.75) is 39.4 Å². The van der Waals surface area contributed by atoms with Crippen LogP contribution in [-0.2, 0) is 14.3 Å². The van der Waals surface area contributed by atoms with Gasteiger partial charge in [-0.25, -0.2) is 0 Å². The van der Waals surface area contributed by atoms with Crippen molar-refractivity contribution in [2.75, 3.05) is 18.6 Å². The van der Waals surface area contributed by atoms with E-state index in [9.17, 15) is 4.79 Å². The Morgan fingerprint density at radius 1 is 1.53 bits per heavy atom. The molecule has 2 unspecified atom stereocenters. The van der Waals surface area contributed by atoms with Crippen molar-refractivity contribution in [1.29, 1.82) is 0 Å². The summed E-state index contributed by atoms with van der Waals surface area (Å²) in [5.74, 6) is 0.838. The monoisotopic (exact) mass is 232 g/mol. The third kappa shape index (κ3) is 4.03. The van der Waals surface area contributed by atoms with Gasteiger partial charge >= 0.3 is 5.97 Å². The van der Waals surface area contributed by atoms with Gasteiger partial charge in [0.25, 0.3) is 0 Å². The number of hydrogen-bond donors (Lipinski definition) is 0. The maximum absolute atomic E-state index is 11.6. The van der Waals surface area contributed by atoms with Gasteiger partial charge in [-0.1, -0.05) is 0 Å². The van der Waals surface area contributed by atoms with Gasteiger partial charge in [-0.3, -0.25) is 4.79 Å². The zero-order chi connectivity index (χ0) is 11.5. The van der Waals surface area contributed by atoms with Crippen LogP contribution in [-0.4, -0.2) is 36.8 Å². The molecule has 0 N–H and O–H groups in total. The van der Waals surface area contributed by atoms with Crippen LogP contribution in [0.15, 0.2) is 0 Å². The molecule has 88 valence electrons. The lowest BCUT2D eigenvalue weighted by Crippen LogP contribution is -2.28. The van der Waals surface area contributed by atoms with E-state index >= 15 is 0 Å². The smallest absolute Gasteiger partial charge is 0.311 e. The van der Waals surface area contributed by atoms with Gasteiger partial charge in [0, 0.05) is 12.2 Å². The fraction of sp³-hybridized carbons (Fsp3) is 0.909. The summed E-state index contributed by atoms with van der Waals surface area (Å²) >= 11 is 1.76. The minimum atomic E-state index is -0.419. The molecule has 0 aromatic carbocycles. The molecule has 15 heavy (non-hydrogen) atoms. The number of carbonyl (C=O) groups is 1. The van der Waals surface area contributed by atoms with Crippen molar-refractivity contribution < 1.29 is 14.3 Å². The Hall–Kier alpha value is -0.220. The fourth-order valence-corrected chi connectivity index (χ4v) is 1.99. The first-order chi connectivity index (χ1) is 6.93. The SMILES string of the molecule is CSCC1CC(OC(=O)C(C)(C)C)CO1. The molecule has 1 aliphatic heterocycles. The van der Waals surface area contributed by atoms with Gasteiger partial charge < -0.3 is 9.47 Å². The van der Waals surface area contributed by atoms with Gasteiger partial charge in [-0.15, -0.1) is 0 Å². The lowest BCUT2D eigenvalue weighted by molar-refractivity contribution is -0.158. The summed E-state index contributed by atoms with van der Waals surface area (Å²) in [6, 6.07) is 0. The van der Waals surface area contributed by atoms with E-state index in [0.717, 1.165) is 12.2 Å². The van der Waals surface area contributed by atoms with Gasteiger partial charge in [-0.2, -0.15) is 11.8 Å². The molecule has 0 saturated carbocycles. The fourth-order valence-electron chi connectivity index (χ4n) is 1.39. The maximum Gasteiger partial charge on any atom is 0.311 e. The van der Waals surface area contributed by atoms with Crippen molar-refractivity contribution in [3.63, 3.8) is 0 Å². The number of hydrogen-bond acceptors (Lipinski definition) is 4. The van der Waals surface area contributed by atoms with Gasteiger partial charge in [0.05, 0.1) is 18.1 Å². The molecule has 0 spiro atoms. The molecule has 2 atom stereocenters. The molecule has 1 aliphatic rings. The zero-order valence-electron chi connectivity index (χ0n) is 9.91. The lowest BCUT2D eigenvalue weighted by Gasteiger charge is -2.19. The molecule has 0 amide bonds. The van der Waals surface area contributed by atoms with Crippen LogP contribution >= 0.6 is 11.8 Å². The topological polar surface area (TPSA) is 35.5 Å². The van der Waals surface area contributed by atoms with E-state index in [0.29, 0.717) is 6.61 Å². The molecule has 0 bridgehead atoms. The maximum atomic E-state index is 11.6. The summed E-state index contributed by atoms with van der Waals surface area (Å²) in [5, 5.41) is 0. The first-order valence-corrected chi connectivity index (χ1v) is 6.64. The van der Waals surface area contributed by atoms with Crippen LogP contribution in [0.3, 0.4) is 0 Å². The predicted octanol–water partition coefficient (Wildman–Crippen LogP) is 2.10. The average molecular weight is 232 g/mol. The number of ether oxygens (including phenoxy) is 2. The Bertz CT molecular complexity index is 222. The van der Waals surface area contributed by atoms with Crippen LogP contribution in [0.2, 0.25) is 0 Å². The van der Waals surface area contributed by atoms with E-state index in [1.165, 1.54) is 0 Å². The highest BCUT2D eigenvalue weighted by Crippen LogP contribution is 2.23. The standard InChI is InChI=1S/C11H20O3S/c1-11(2,3)10(12)14-8-5-9(7-15-4)13-6-8/h8-9H,5-7H2,1-4H3. The average Bonchev–Trinajstić information content (AvgIpc) is 2.51. The minimum absolute atomic E-state index is 0.0473. The number of rotatable bonds is 3. The Kier molecular flexibility index (Phi) is 4.46. The van der Waals surface area contributed by atoms with E-state index in [2.05, 4.69) is 6.26 Å². The molecule has 1 heterocycles. The minimum Gasteiger partial charge on any atom is -0.459 e. The van der Waals surface area contributed by atoms with Gasteiger partial charge in [0.2, 0.25) is 0 Å². The van der Waals surface area contributed by atoms with Crippen LogP contribution < -0.4 is 0 Å². The zero-order valence-corrected chi connectivity index (χ0v) is 10.7. The van der Waals surface area contributed by atoms with Gasteiger partial charge in [0.15, 0.2) is 0 Å². The highest BCUT2D eigenvalue weighted by Gasteiger charge is 2.31. The molecular weight excluding hydrogens is 212 g/mol. The van der Waals surface area contributed by atoms with Crippen LogP contribution in [0.25, 0.3) is 0 Å². The number of thioether (sulfide) groups is 1. The Morgan fingerprint density at radius 2 is 2.20 bits per heavy atom. The third-order valence-electron chi connectivity index (χ3n) is 2.28. The molecule has 1 saturated heterocycles. The van der Waals surface area contributed by atoms with Crippen molar-refractivity contribution >= 4 is 17.7 Å². The normalized spacial score (nSPS) is 26.7. The molecule has 0 aromatic rings. The van der Waals surface area contributed by atoms with E-state index in [4.69, 9.17) is 9.47 Å². The second-order valence-corrected chi connectivity index (χ2v) is 5.83. The molecule has 0 aliphatic carbocycles. The quantitative estimate of drug-likeness (QED) is 0.698. The van der Waals surface area contributed by atoms with Crippen molar-refractivity contribution in [1.82, 2.24) is 0 Å². The van der Waals surface area contributed by atoms with Crippen LogP contribution in [0.1, 0.15) is 27.2 Å². The predicted molar refractivity (Wildman–Crippen MR) is 62.1 cm³/mol. The van der Waals surface area contributed by atoms with Crippen LogP contribution in [0.4, 0.5) is 0 Å². The summed E-state index contributed by atoms with van der Waals surface area (Å²) in [7, 11) is 0. The molecular formula is C11H20O3S. The Labute approximate surface area is 95.9 Å². The number of esters is 1. The summed E-state index contributed by atoms with van der Waals surface area (Å²) in [6.45, 7) is 6.15. The molecule has 4 heteroatoms.